The van der Waals surface area contributed by atoms with Crippen LogP contribution < -0.4 is 10.6 Å². The lowest BCUT2D eigenvalue weighted by Crippen LogP contribution is -2.43. The predicted molar refractivity (Wildman–Crippen MR) is 75.6 cm³/mol. The summed E-state index contributed by atoms with van der Waals surface area (Å²) in [5.41, 5.74) is 0. The summed E-state index contributed by atoms with van der Waals surface area (Å²) < 4.78 is 42.1. The average Bonchev–Trinajstić information content (AvgIpc) is 2.85. The summed E-state index contributed by atoms with van der Waals surface area (Å²) in [5, 5.41) is 5.96. The Morgan fingerprint density at radius 2 is 2.19 bits per heavy atom. The number of amides is 2. The number of hydrogen-bond donors (Lipinski definition) is 2. The zero-order chi connectivity index (χ0) is 15.5. The molecule has 0 saturated heterocycles. The van der Waals surface area contributed by atoms with Crippen molar-refractivity contribution in [2.75, 3.05) is 11.6 Å². The van der Waals surface area contributed by atoms with Gasteiger partial charge in [-0.05, 0) is 25.5 Å². The molecule has 1 aliphatic carbocycles. The van der Waals surface area contributed by atoms with Gasteiger partial charge in [0.25, 0.3) is 0 Å². The number of carbonyl (C=O) groups is 1. The molecule has 0 bridgehead atoms. The normalized spacial score (nSPS) is 22.9. The largest absolute Gasteiger partial charge is 0.391 e. The summed E-state index contributed by atoms with van der Waals surface area (Å²) in [6.45, 7) is 0. The SMILES string of the molecule is CSc1nsc(NC(=O)N[C@H]2CCC[C@H](C(F)(F)F)C2)n1. The third kappa shape index (κ3) is 4.73. The molecule has 5 nitrogen and oxygen atoms in total. The molecule has 0 aromatic carbocycles. The van der Waals surface area contributed by atoms with Gasteiger partial charge in [-0.25, -0.2) is 4.79 Å². The van der Waals surface area contributed by atoms with Crippen LogP contribution in [0.15, 0.2) is 5.16 Å². The second kappa shape index (κ2) is 6.82. The molecule has 2 N–H and O–H groups in total. The van der Waals surface area contributed by atoms with E-state index >= 15 is 0 Å². The summed E-state index contributed by atoms with van der Waals surface area (Å²) in [6, 6.07) is -0.995. The molecule has 0 aliphatic heterocycles. The Hall–Kier alpha value is -1.03. The fraction of sp³-hybridized carbons (Fsp3) is 0.727. The number of aromatic nitrogens is 2. The number of halogens is 3. The van der Waals surface area contributed by atoms with Crippen LogP contribution in [0.4, 0.5) is 23.1 Å². The maximum absolute atomic E-state index is 12.7. The van der Waals surface area contributed by atoms with Crippen LogP contribution in [0.25, 0.3) is 0 Å². The highest BCUT2D eigenvalue weighted by Crippen LogP contribution is 2.37. The molecule has 0 radical (unpaired) electrons. The van der Waals surface area contributed by atoms with E-state index in [-0.39, 0.29) is 12.8 Å². The van der Waals surface area contributed by atoms with E-state index in [1.807, 2.05) is 6.26 Å². The summed E-state index contributed by atoms with van der Waals surface area (Å²) in [6.07, 6.45) is -1.29. The molecule has 2 rings (SSSR count). The second-order valence-electron chi connectivity index (χ2n) is 4.79. The van der Waals surface area contributed by atoms with Gasteiger partial charge in [-0.15, -0.1) is 0 Å². The van der Waals surface area contributed by atoms with Gasteiger partial charge in [0.15, 0.2) is 0 Å². The standard InChI is InChI=1S/C11H15F3N4OS2/c1-20-10-17-9(21-18-10)16-8(19)15-7-4-2-3-6(5-7)11(12,13)14/h6-7H,2-5H2,1H3,(H2,15,16,17,18,19)/t6-,7-/m0/s1. The Balaban J connectivity index is 1.84. The second-order valence-corrected chi connectivity index (χ2v) is 6.31. The van der Waals surface area contributed by atoms with E-state index in [0.29, 0.717) is 23.1 Å². The predicted octanol–water partition coefficient (Wildman–Crippen LogP) is 3.50. The molecular formula is C11H15F3N4OS2. The van der Waals surface area contributed by atoms with E-state index < -0.39 is 24.2 Å². The topological polar surface area (TPSA) is 66.9 Å². The summed E-state index contributed by atoms with van der Waals surface area (Å²) in [7, 11) is 0. The molecule has 1 fully saturated rings. The lowest BCUT2D eigenvalue weighted by atomic mass is 9.85. The number of nitrogens with zero attached hydrogens (tertiary/aromatic N) is 2. The Bertz CT molecular complexity index is 494. The van der Waals surface area contributed by atoms with E-state index in [4.69, 9.17) is 0 Å². The number of anilines is 1. The van der Waals surface area contributed by atoms with Gasteiger partial charge in [0, 0.05) is 17.6 Å². The first kappa shape index (κ1) is 16.3. The molecule has 0 unspecified atom stereocenters. The van der Waals surface area contributed by atoms with Crippen LogP contribution >= 0.6 is 23.3 Å². The molecule has 1 aliphatic rings. The minimum atomic E-state index is -4.19. The average molecular weight is 340 g/mol. The molecule has 0 spiro atoms. The van der Waals surface area contributed by atoms with Crippen molar-refractivity contribution in [2.24, 2.45) is 5.92 Å². The molecule has 10 heteroatoms. The first-order chi connectivity index (χ1) is 9.88. The number of rotatable bonds is 3. The van der Waals surface area contributed by atoms with E-state index in [2.05, 4.69) is 20.0 Å². The van der Waals surface area contributed by atoms with Gasteiger partial charge < -0.3 is 5.32 Å². The Morgan fingerprint density at radius 1 is 1.43 bits per heavy atom. The quantitative estimate of drug-likeness (QED) is 0.827. The third-order valence-electron chi connectivity index (χ3n) is 3.28. The van der Waals surface area contributed by atoms with Crippen molar-refractivity contribution in [2.45, 2.75) is 43.1 Å². The van der Waals surface area contributed by atoms with Gasteiger partial charge >= 0.3 is 12.2 Å². The molecule has 2 atom stereocenters. The third-order valence-corrected chi connectivity index (χ3v) is 4.58. The van der Waals surface area contributed by atoms with E-state index in [1.54, 1.807) is 0 Å². The van der Waals surface area contributed by atoms with Crippen molar-refractivity contribution in [3.05, 3.63) is 0 Å². The summed E-state index contributed by atoms with van der Waals surface area (Å²) >= 11 is 2.38. The van der Waals surface area contributed by atoms with Crippen LogP contribution in [0, 0.1) is 5.92 Å². The minimum Gasteiger partial charge on any atom is -0.335 e. The molecule has 1 saturated carbocycles. The number of thioether (sulfide) groups is 1. The molecular weight excluding hydrogens is 325 g/mol. The zero-order valence-corrected chi connectivity index (χ0v) is 12.9. The Kier molecular flexibility index (Phi) is 5.31. The van der Waals surface area contributed by atoms with Crippen molar-refractivity contribution in [1.82, 2.24) is 14.7 Å². The van der Waals surface area contributed by atoms with Crippen LogP contribution in [0.3, 0.4) is 0 Å². The van der Waals surface area contributed by atoms with Crippen molar-refractivity contribution in [1.29, 1.82) is 0 Å². The highest BCUT2D eigenvalue weighted by Gasteiger charge is 2.42. The van der Waals surface area contributed by atoms with Gasteiger partial charge in [0.05, 0.1) is 5.92 Å². The van der Waals surface area contributed by atoms with Crippen molar-refractivity contribution < 1.29 is 18.0 Å². The summed E-state index contributed by atoms with van der Waals surface area (Å²) in [4.78, 5) is 15.8. The van der Waals surface area contributed by atoms with Crippen LogP contribution in [0.1, 0.15) is 25.7 Å². The highest BCUT2D eigenvalue weighted by molar-refractivity contribution is 7.98. The van der Waals surface area contributed by atoms with Gasteiger partial charge in [-0.1, -0.05) is 18.2 Å². The molecule has 21 heavy (non-hydrogen) atoms. The number of hydrogen-bond acceptors (Lipinski definition) is 5. The molecule has 1 aromatic rings. The smallest absolute Gasteiger partial charge is 0.335 e. The fourth-order valence-electron chi connectivity index (χ4n) is 2.28. The summed E-state index contributed by atoms with van der Waals surface area (Å²) in [5.74, 6) is -1.33. The lowest BCUT2D eigenvalue weighted by Gasteiger charge is -2.30. The van der Waals surface area contributed by atoms with E-state index in [1.165, 1.54) is 11.8 Å². The fourth-order valence-corrected chi connectivity index (χ4v) is 3.40. The number of urea groups is 1. The first-order valence-electron chi connectivity index (χ1n) is 6.40. The van der Waals surface area contributed by atoms with Crippen LogP contribution in [-0.2, 0) is 0 Å². The maximum Gasteiger partial charge on any atom is 0.391 e. The van der Waals surface area contributed by atoms with Crippen molar-refractivity contribution in [3.63, 3.8) is 0 Å². The highest BCUT2D eigenvalue weighted by atomic mass is 32.2. The van der Waals surface area contributed by atoms with Crippen LogP contribution in [0.5, 0.6) is 0 Å². The Morgan fingerprint density at radius 3 is 2.81 bits per heavy atom. The first-order valence-corrected chi connectivity index (χ1v) is 8.40. The maximum atomic E-state index is 12.7. The molecule has 118 valence electrons. The number of nitrogens with one attached hydrogen (secondary N) is 2. The van der Waals surface area contributed by atoms with Crippen molar-refractivity contribution >= 4 is 34.5 Å². The van der Waals surface area contributed by atoms with E-state index in [9.17, 15) is 18.0 Å². The zero-order valence-electron chi connectivity index (χ0n) is 11.2. The van der Waals surface area contributed by atoms with Crippen LogP contribution in [-0.4, -0.2) is 33.9 Å². The van der Waals surface area contributed by atoms with Gasteiger partial charge in [0.1, 0.15) is 0 Å². The van der Waals surface area contributed by atoms with E-state index in [0.717, 1.165) is 11.5 Å². The Labute approximate surface area is 128 Å². The number of carbonyl (C=O) groups excluding carboxylic acids is 1. The number of alkyl halides is 3. The molecule has 1 heterocycles. The van der Waals surface area contributed by atoms with Crippen molar-refractivity contribution in [3.8, 4) is 0 Å². The van der Waals surface area contributed by atoms with Gasteiger partial charge in [0.2, 0.25) is 10.3 Å². The minimum absolute atomic E-state index is 0.0664. The van der Waals surface area contributed by atoms with Gasteiger partial charge in [-0.3, -0.25) is 5.32 Å². The van der Waals surface area contributed by atoms with Crippen LogP contribution in [0.2, 0.25) is 0 Å². The lowest BCUT2D eigenvalue weighted by molar-refractivity contribution is -0.183. The molecule has 1 aromatic heterocycles. The van der Waals surface area contributed by atoms with Gasteiger partial charge in [-0.2, -0.15) is 22.5 Å². The monoisotopic (exact) mass is 340 g/mol. The molecule has 2 amide bonds.